The number of nitrogens with zero attached hydrogens (tertiary/aromatic N) is 2. The Balaban J connectivity index is 2.42. The Bertz CT molecular complexity index is 598. The van der Waals surface area contributed by atoms with Crippen LogP contribution in [0.4, 0.5) is 0 Å². The third kappa shape index (κ3) is 6.53. The molecule has 0 saturated carbocycles. The first-order valence-corrected chi connectivity index (χ1v) is 8.60. The first-order chi connectivity index (χ1) is 11.4. The number of thioether (sulfide) groups is 1. The molecule has 0 aromatic carbocycles. The van der Waals surface area contributed by atoms with Gasteiger partial charge in [-0.15, -0.1) is 0 Å². The maximum atomic E-state index is 11.7. The van der Waals surface area contributed by atoms with E-state index in [-0.39, 0.29) is 18.9 Å². The summed E-state index contributed by atoms with van der Waals surface area (Å²) in [5, 5.41) is 5.41. The molecule has 8 nitrogen and oxygen atoms in total. The SMILES string of the molecule is CNC(=O)CNC(=O)COC(=O)CCc1c(C)nc(SC)nc1C. The first kappa shape index (κ1) is 19.9. The Morgan fingerprint density at radius 1 is 1.12 bits per heavy atom. The van der Waals surface area contributed by atoms with Crippen LogP contribution in [0.2, 0.25) is 0 Å². The molecule has 0 saturated heterocycles. The molecule has 1 heterocycles. The molecule has 0 spiro atoms. The summed E-state index contributed by atoms with van der Waals surface area (Å²) in [6, 6.07) is 0. The van der Waals surface area contributed by atoms with E-state index in [2.05, 4.69) is 20.6 Å². The summed E-state index contributed by atoms with van der Waals surface area (Å²) < 4.78 is 4.89. The largest absolute Gasteiger partial charge is 0.456 e. The van der Waals surface area contributed by atoms with E-state index >= 15 is 0 Å². The minimum Gasteiger partial charge on any atom is -0.456 e. The predicted molar refractivity (Wildman–Crippen MR) is 89.6 cm³/mol. The average molecular weight is 354 g/mol. The molecule has 0 fully saturated rings. The molecule has 0 atom stereocenters. The molecule has 1 aromatic heterocycles. The van der Waals surface area contributed by atoms with Gasteiger partial charge >= 0.3 is 5.97 Å². The Morgan fingerprint density at radius 2 is 1.75 bits per heavy atom. The second-order valence-electron chi connectivity index (χ2n) is 4.97. The Kier molecular flexibility index (Phi) is 8.17. The number of nitrogens with one attached hydrogen (secondary N) is 2. The summed E-state index contributed by atoms with van der Waals surface area (Å²) in [6.45, 7) is 3.20. The number of esters is 1. The van der Waals surface area contributed by atoms with Crippen LogP contribution in [0.1, 0.15) is 23.4 Å². The lowest BCUT2D eigenvalue weighted by atomic mass is 10.1. The fourth-order valence-electron chi connectivity index (χ4n) is 1.93. The second-order valence-corrected chi connectivity index (χ2v) is 5.74. The molecule has 0 radical (unpaired) electrons. The van der Waals surface area contributed by atoms with E-state index in [9.17, 15) is 14.4 Å². The lowest BCUT2D eigenvalue weighted by Gasteiger charge is -2.10. The molecule has 0 aliphatic heterocycles. The number of hydrogen-bond donors (Lipinski definition) is 2. The third-order valence-electron chi connectivity index (χ3n) is 3.25. The van der Waals surface area contributed by atoms with Crippen molar-refractivity contribution in [1.29, 1.82) is 0 Å². The van der Waals surface area contributed by atoms with E-state index in [4.69, 9.17) is 4.74 Å². The van der Waals surface area contributed by atoms with Gasteiger partial charge in [-0.1, -0.05) is 11.8 Å². The zero-order valence-corrected chi connectivity index (χ0v) is 15.1. The summed E-state index contributed by atoms with van der Waals surface area (Å²) in [6.07, 6.45) is 2.48. The average Bonchev–Trinajstić information content (AvgIpc) is 2.56. The van der Waals surface area contributed by atoms with Crippen molar-refractivity contribution >= 4 is 29.5 Å². The van der Waals surface area contributed by atoms with Crippen LogP contribution in [0.3, 0.4) is 0 Å². The third-order valence-corrected chi connectivity index (χ3v) is 3.80. The van der Waals surface area contributed by atoms with Crippen molar-refractivity contribution in [2.45, 2.75) is 31.8 Å². The second kappa shape index (κ2) is 9.86. The number of hydrogen-bond acceptors (Lipinski definition) is 7. The van der Waals surface area contributed by atoms with Gasteiger partial charge in [0.2, 0.25) is 5.91 Å². The van der Waals surface area contributed by atoms with Crippen LogP contribution in [0.25, 0.3) is 0 Å². The lowest BCUT2D eigenvalue weighted by molar-refractivity contribution is -0.148. The van der Waals surface area contributed by atoms with Crippen molar-refractivity contribution < 1.29 is 19.1 Å². The Hall–Kier alpha value is -2.16. The maximum absolute atomic E-state index is 11.7. The van der Waals surface area contributed by atoms with Crippen LogP contribution in [0.15, 0.2) is 5.16 Å². The van der Waals surface area contributed by atoms with Gasteiger partial charge < -0.3 is 15.4 Å². The quantitative estimate of drug-likeness (QED) is 0.388. The van der Waals surface area contributed by atoms with Gasteiger partial charge in [-0.2, -0.15) is 0 Å². The van der Waals surface area contributed by atoms with E-state index in [0.29, 0.717) is 11.6 Å². The van der Waals surface area contributed by atoms with Crippen molar-refractivity contribution in [2.75, 3.05) is 26.5 Å². The highest BCUT2D eigenvalue weighted by Gasteiger charge is 2.12. The minimum atomic E-state index is -0.521. The number of carbonyl (C=O) groups excluding carboxylic acids is 3. The van der Waals surface area contributed by atoms with Gasteiger partial charge in [-0.05, 0) is 32.1 Å². The molecule has 0 aliphatic carbocycles. The van der Waals surface area contributed by atoms with Crippen LogP contribution in [0, 0.1) is 13.8 Å². The fraction of sp³-hybridized carbons (Fsp3) is 0.533. The monoisotopic (exact) mass is 354 g/mol. The van der Waals surface area contributed by atoms with E-state index in [1.165, 1.54) is 18.8 Å². The van der Waals surface area contributed by atoms with Gasteiger partial charge in [-0.25, -0.2) is 9.97 Å². The summed E-state index contributed by atoms with van der Waals surface area (Å²) in [5.41, 5.74) is 2.58. The van der Waals surface area contributed by atoms with Crippen molar-refractivity contribution in [3.63, 3.8) is 0 Å². The maximum Gasteiger partial charge on any atom is 0.306 e. The van der Waals surface area contributed by atoms with Gasteiger partial charge in [-0.3, -0.25) is 14.4 Å². The van der Waals surface area contributed by atoms with Crippen LogP contribution in [0.5, 0.6) is 0 Å². The molecule has 132 valence electrons. The topological polar surface area (TPSA) is 110 Å². The molecule has 0 aliphatic rings. The summed E-state index contributed by atoms with van der Waals surface area (Å²) in [7, 11) is 1.47. The van der Waals surface area contributed by atoms with Gasteiger partial charge in [0.05, 0.1) is 6.54 Å². The molecule has 2 amide bonds. The van der Waals surface area contributed by atoms with Crippen LogP contribution in [-0.2, 0) is 25.5 Å². The minimum absolute atomic E-state index is 0.131. The molecular weight excluding hydrogens is 332 g/mol. The van der Waals surface area contributed by atoms with Gasteiger partial charge in [0, 0.05) is 24.9 Å². The summed E-state index contributed by atoms with van der Waals surface area (Å²) in [4.78, 5) is 42.8. The lowest BCUT2D eigenvalue weighted by Crippen LogP contribution is -2.37. The molecule has 0 bridgehead atoms. The molecule has 9 heteroatoms. The number of carbonyl (C=O) groups is 3. The Labute approximate surface area is 145 Å². The van der Waals surface area contributed by atoms with E-state index in [1.807, 2.05) is 20.1 Å². The molecular formula is C15H22N4O4S. The summed E-state index contributed by atoms with van der Waals surface area (Å²) >= 11 is 1.46. The van der Waals surface area contributed by atoms with Crippen molar-refractivity contribution in [1.82, 2.24) is 20.6 Å². The van der Waals surface area contributed by atoms with Crippen molar-refractivity contribution in [3.05, 3.63) is 17.0 Å². The van der Waals surface area contributed by atoms with Crippen molar-refractivity contribution in [3.8, 4) is 0 Å². The fourth-order valence-corrected chi connectivity index (χ4v) is 2.38. The van der Waals surface area contributed by atoms with E-state index < -0.39 is 18.5 Å². The van der Waals surface area contributed by atoms with Gasteiger partial charge in [0.1, 0.15) is 0 Å². The van der Waals surface area contributed by atoms with Crippen LogP contribution >= 0.6 is 11.8 Å². The molecule has 1 rings (SSSR count). The number of likely N-dealkylation sites (N-methyl/N-ethyl adjacent to an activating group) is 1. The molecule has 24 heavy (non-hydrogen) atoms. The predicted octanol–water partition coefficient (Wildman–Crippen LogP) is 0.153. The van der Waals surface area contributed by atoms with Crippen LogP contribution < -0.4 is 10.6 Å². The molecule has 0 unspecified atom stereocenters. The first-order valence-electron chi connectivity index (χ1n) is 7.38. The number of rotatable bonds is 8. The highest BCUT2D eigenvalue weighted by Crippen LogP contribution is 2.17. The van der Waals surface area contributed by atoms with Crippen LogP contribution in [-0.4, -0.2) is 54.2 Å². The zero-order chi connectivity index (χ0) is 18.1. The molecule has 2 N–H and O–H groups in total. The van der Waals surface area contributed by atoms with Gasteiger partial charge in [0.15, 0.2) is 11.8 Å². The van der Waals surface area contributed by atoms with Crippen molar-refractivity contribution in [2.24, 2.45) is 0 Å². The van der Waals surface area contributed by atoms with Gasteiger partial charge in [0.25, 0.3) is 5.91 Å². The number of aromatic nitrogens is 2. The number of amides is 2. The highest BCUT2D eigenvalue weighted by molar-refractivity contribution is 7.98. The highest BCUT2D eigenvalue weighted by atomic mass is 32.2. The number of aryl methyl sites for hydroxylation is 2. The van der Waals surface area contributed by atoms with E-state index in [1.54, 1.807) is 0 Å². The smallest absolute Gasteiger partial charge is 0.306 e. The standard InChI is InChI=1S/C15H22N4O4S/c1-9-11(10(2)19-15(18-9)24-4)5-6-14(22)23-8-13(21)17-7-12(20)16-3/h5-8H2,1-4H3,(H,16,20)(H,17,21). The Morgan fingerprint density at radius 3 is 2.29 bits per heavy atom. The zero-order valence-electron chi connectivity index (χ0n) is 14.3. The van der Waals surface area contributed by atoms with E-state index in [0.717, 1.165) is 17.0 Å². The molecule has 1 aromatic rings. The number of ether oxygens (including phenoxy) is 1. The normalized spacial score (nSPS) is 10.2. The summed E-state index contributed by atoms with van der Waals surface area (Å²) in [5.74, 6) is -1.33.